The summed E-state index contributed by atoms with van der Waals surface area (Å²) >= 11 is 4.86. The third kappa shape index (κ3) is 2.56. The lowest BCUT2D eigenvalue weighted by molar-refractivity contribution is -0.131. The van der Waals surface area contributed by atoms with Gasteiger partial charge in [-0.3, -0.25) is 14.5 Å². The van der Waals surface area contributed by atoms with Gasteiger partial charge >= 0.3 is 5.69 Å². The molecule has 0 radical (unpaired) electrons. The zero-order chi connectivity index (χ0) is 11.4. The predicted molar refractivity (Wildman–Crippen MR) is 58.2 cm³/mol. The summed E-state index contributed by atoms with van der Waals surface area (Å²) in [5, 5.41) is 4.81. The number of aromatic nitrogens is 3. The molecule has 1 aromatic rings. The molecule has 0 bridgehead atoms. The summed E-state index contributed by atoms with van der Waals surface area (Å²) in [5.41, 5.74) is -0.388. The van der Waals surface area contributed by atoms with Gasteiger partial charge in [-0.25, -0.2) is 9.89 Å². The Kier molecular flexibility index (Phi) is 3.84. The third-order valence-electron chi connectivity index (χ3n) is 2.18. The monoisotopic (exact) mass is 230 g/mol. The zero-order valence-corrected chi connectivity index (χ0v) is 9.56. The summed E-state index contributed by atoms with van der Waals surface area (Å²) in [6.45, 7) is 5.03. The molecule has 7 heteroatoms. The number of amides is 1. The minimum absolute atomic E-state index is 0.0145. The molecule has 1 aromatic heterocycles. The quantitative estimate of drug-likeness (QED) is 0.721. The Morgan fingerprint density at radius 2 is 2.00 bits per heavy atom. The maximum atomic E-state index is 11.7. The molecule has 0 saturated heterocycles. The van der Waals surface area contributed by atoms with Crippen LogP contribution in [0.15, 0.2) is 4.79 Å². The second kappa shape index (κ2) is 4.92. The molecule has 0 fully saturated rings. The molecule has 6 nitrogen and oxygen atoms in total. The molecule has 0 aliphatic carbocycles. The maximum absolute atomic E-state index is 11.7. The molecular weight excluding hydrogens is 216 g/mol. The fourth-order valence-electron chi connectivity index (χ4n) is 1.29. The number of nitrogens with zero attached hydrogens (tertiary/aromatic N) is 2. The van der Waals surface area contributed by atoms with Crippen LogP contribution in [0.25, 0.3) is 0 Å². The molecule has 0 aromatic carbocycles. The van der Waals surface area contributed by atoms with Crippen molar-refractivity contribution in [3.8, 4) is 0 Å². The maximum Gasteiger partial charge on any atom is 0.342 e. The van der Waals surface area contributed by atoms with E-state index in [-0.39, 0.29) is 22.9 Å². The van der Waals surface area contributed by atoms with Crippen molar-refractivity contribution in [3.05, 3.63) is 15.3 Å². The van der Waals surface area contributed by atoms with Crippen LogP contribution < -0.4 is 5.69 Å². The molecular formula is C8H14N4O2S. The van der Waals surface area contributed by atoms with Gasteiger partial charge in [-0.15, -0.1) is 0 Å². The van der Waals surface area contributed by atoms with Crippen molar-refractivity contribution in [3.63, 3.8) is 0 Å². The molecule has 0 spiro atoms. The van der Waals surface area contributed by atoms with Crippen molar-refractivity contribution in [1.82, 2.24) is 19.7 Å². The number of carbonyl (C=O) groups excluding carboxylic acids is 1. The smallest absolute Gasteiger partial charge is 0.342 e. The van der Waals surface area contributed by atoms with Gasteiger partial charge in [0.05, 0.1) is 0 Å². The van der Waals surface area contributed by atoms with Gasteiger partial charge < -0.3 is 4.90 Å². The van der Waals surface area contributed by atoms with Crippen molar-refractivity contribution in [1.29, 1.82) is 0 Å². The second-order valence-corrected chi connectivity index (χ2v) is 3.40. The van der Waals surface area contributed by atoms with Gasteiger partial charge in [0, 0.05) is 13.1 Å². The van der Waals surface area contributed by atoms with Crippen LogP contribution in [0, 0.1) is 4.77 Å². The van der Waals surface area contributed by atoms with E-state index in [0.29, 0.717) is 13.1 Å². The summed E-state index contributed by atoms with van der Waals surface area (Å²) in [5.74, 6) is -0.110. The molecule has 2 N–H and O–H groups in total. The molecule has 0 atom stereocenters. The van der Waals surface area contributed by atoms with Gasteiger partial charge in [0.15, 0.2) is 4.77 Å². The van der Waals surface area contributed by atoms with Crippen molar-refractivity contribution in [2.24, 2.45) is 0 Å². The lowest BCUT2D eigenvalue weighted by Gasteiger charge is -2.18. The summed E-state index contributed by atoms with van der Waals surface area (Å²) in [6.07, 6.45) is 0. The van der Waals surface area contributed by atoms with E-state index in [4.69, 9.17) is 12.2 Å². The van der Waals surface area contributed by atoms with Crippen LogP contribution in [-0.2, 0) is 11.3 Å². The number of aromatic amines is 2. The van der Waals surface area contributed by atoms with Gasteiger partial charge in [-0.1, -0.05) is 0 Å². The Morgan fingerprint density at radius 3 is 2.40 bits per heavy atom. The average Bonchev–Trinajstić information content (AvgIpc) is 2.51. The van der Waals surface area contributed by atoms with Gasteiger partial charge in [0.1, 0.15) is 6.54 Å². The molecule has 0 saturated carbocycles. The first-order valence-electron chi connectivity index (χ1n) is 4.75. The highest BCUT2D eigenvalue weighted by molar-refractivity contribution is 7.71. The van der Waals surface area contributed by atoms with Crippen molar-refractivity contribution < 1.29 is 4.79 Å². The van der Waals surface area contributed by atoms with Gasteiger partial charge in [0.25, 0.3) is 0 Å². The Morgan fingerprint density at radius 1 is 1.40 bits per heavy atom. The number of hydrogen-bond donors (Lipinski definition) is 2. The minimum Gasteiger partial charge on any atom is -0.342 e. The molecule has 1 rings (SSSR count). The Balaban J connectivity index is 2.83. The van der Waals surface area contributed by atoms with E-state index in [2.05, 4.69) is 10.2 Å². The summed E-state index contributed by atoms with van der Waals surface area (Å²) in [4.78, 5) is 24.5. The van der Waals surface area contributed by atoms with E-state index in [1.165, 1.54) is 4.57 Å². The summed E-state index contributed by atoms with van der Waals surface area (Å²) < 4.78 is 1.44. The predicted octanol–water partition coefficient (Wildman–Crippen LogP) is 0.102. The van der Waals surface area contributed by atoms with Gasteiger partial charge in [-0.05, 0) is 26.1 Å². The van der Waals surface area contributed by atoms with E-state index in [1.54, 1.807) is 4.90 Å². The molecule has 15 heavy (non-hydrogen) atoms. The van der Waals surface area contributed by atoms with Crippen molar-refractivity contribution in [2.75, 3.05) is 13.1 Å². The third-order valence-corrected chi connectivity index (χ3v) is 2.50. The summed E-state index contributed by atoms with van der Waals surface area (Å²) in [7, 11) is 0. The highest BCUT2D eigenvalue weighted by Gasteiger charge is 2.12. The molecule has 1 heterocycles. The highest BCUT2D eigenvalue weighted by atomic mass is 32.1. The number of nitrogens with one attached hydrogen (secondary N) is 2. The highest BCUT2D eigenvalue weighted by Crippen LogP contribution is 1.92. The van der Waals surface area contributed by atoms with Crippen molar-refractivity contribution in [2.45, 2.75) is 20.4 Å². The first-order chi connectivity index (χ1) is 7.10. The van der Waals surface area contributed by atoms with Gasteiger partial charge in [0.2, 0.25) is 5.91 Å². The van der Waals surface area contributed by atoms with Crippen LogP contribution in [0.1, 0.15) is 13.8 Å². The van der Waals surface area contributed by atoms with E-state index < -0.39 is 0 Å². The molecule has 0 aliphatic heterocycles. The molecule has 0 aliphatic rings. The topological polar surface area (TPSA) is 73.9 Å². The van der Waals surface area contributed by atoms with E-state index >= 15 is 0 Å². The van der Waals surface area contributed by atoms with Crippen LogP contribution in [-0.4, -0.2) is 38.7 Å². The fourth-order valence-corrected chi connectivity index (χ4v) is 1.49. The SMILES string of the molecule is CCN(CC)C(=O)Cn1c(=O)[nH][nH]c1=S. The number of hydrogen-bond acceptors (Lipinski definition) is 3. The Labute approximate surface area is 91.9 Å². The van der Waals surface area contributed by atoms with Gasteiger partial charge in [-0.2, -0.15) is 0 Å². The van der Waals surface area contributed by atoms with E-state index in [9.17, 15) is 9.59 Å². The fraction of sp³-hybridized carbons (Fsp3) is 0.625. The first kappa shape index (κ1) is 11.7. The second-order valence-electron chi connectivity index (χ2n) is 3.01. The van der Waals surface area contributed by atoms with Crippen LogP contribution >= 0.6 is 12.2 Å². The normalized spacial score (nSPS) is 10.3. The Hall–Kier alpha value is -1.37. The van der Waals surface area contributed by atoms with Crippen LogP contribution in [0.4, 0.5) is 0 Å². The van der Waals surface area contributed by atoms with E-state index in [0.717, 1.165) is 0 Å². The molecule has 0 unspecified atom stereocenters. The standard InChI is InChI=1S/C8H14N4O2S/c1-3-11(4-2)6(13)5-12-7(14)9-10-8(12)15/h3-5H2,1-2H3,(H,9,14)(H,10,15). The summed E-state index contributed by atoms with van der Waals surface area (Å²) in [6, 6.07) is 0. The molecule has 1 amide bonds. The number of carbonyl (C=O) groups is 1. The minimum atomic E-state index is -0.388. The van der Waals surface area contributed by atoms with Crippen LogP contribution in [0.2, 0.25) is 0 Å². The Bertz CT molecular complexity index is 412. The van der Waals surface area contributed by atoms with Crippen LogP contribution in [0.5, 0.6) is 0 Å². The lowest BCUT2D eigenvalue weighted by atomic mass is 10.4. The molecule has 84 valence electrons. The van der Waals surface area contributed by atoms with E-state index in [1.807, 2.05) is 13.8 Å². The number of likely N-dealkylation sites (N-methyl/N-ethyl adjacent to an activating group) is 1. The zero-order valence-electron chi connectivity index (χ0n) is 8.74. The number of rotatable bonds is 4. The largest absolute Gasteiger partial charge is 0.342 e. The average molecular weight is 230 g/mol. The number of H-pyrrole nitrogens is 2. The first-order valence-corrected chi connectivity index (χ1v) is 5.16. The van der Waals surface area contributed by atoms with Crippen molar-refractivity contribution >= 4 is 18.1 Å². The van der Waals surface area contributed by atoms with Crippen LogP contribution in [0.3, 0.4) is 0 Å². The lowest BCUT2D eigenvalue weighted by Crippen LogP contribution is -2.35.